The number of H-pyrrole nitrogens is 2. The Hall–Kier alpha value is -6.44. The van der Waals surface area contributed by atoms with Crippen molar-refractivity contribution in [2.75, 3.05) is 0 Å². The van der Waals surface area contributed by atoms with E-state index in [1.54, 1.807) is 0 Å². The first-order valence-corrected chi connectivity index (χ1v) is 19.0. The third-order valence-electron chi connectivity index (χ3n) is 9.62. The second-order valence-electron chi connectivity index (χ2n) is 12.7. The number of hydrogen-bond acceptors (Lipinski definition) is 2. The Kier molecular flexibility index (Phi) is 8.99. The molecule has 0 aliphatic carbocycles. The molecule has 8 bridgehead atoms. The average Bonchev–Trinajstić information content (AvgIpc) is 4.05. The van der Waals surface area contributed by atoms with Crippen LogP contribution in [-0.4, -0.2) is 19.9 Å². The van der Waals surface area contributed by atoms with Crippen LogP contribution in [-0.2, 0) is 0 Å². The van der Waals surface area contributed by atoms with Crippen LogP contribution < -0.4 is 0 Å². The minimum atomic E-state index is 0.721. The standard InChI is InChI=1S/C48H28Br2N4/c49-29-27-35-36(28-30-50)48-46(34-19-11-4-12-20-34)42-26-24-40(53-42)44(32-15-7-2-8-16-32)38-22-21-37(51-38)43(31-13-5-1-6-14-31)39-23-25-41(52-39)45(47(35)54-48)33-17-9-3-10-18-33/h1-26,52-53H. The molecule has 0 fully saturated rings. The fourth-order valence-corrected chi connectivity index (χ4v) is 7.71. The van der Waals surface area contributed by atoms with Crippen molar-refractivity contribution in [3.8, 4) is 66.0 Å². The highest BCUT2D eigenvalue weighted by Gasteiger charge is 2.27. The Labute approximate surface area is 329 Å². The molecule has 7 aromatic rings. The topological polar surface area (TPSA) is 57.4 Å². The number of halogens is 2. The summed E-state index contributed by atoms with van der Waals surface area (Å²) in [4.78, 5) is 24.5. The van der Waals surface area contributed by atoms with E-state index < -0.39 is 0 Å². The SMILES string of the molecule is BrC#CC1=C(C#CBr)c2nc1c(-c1ccccc1)c1ccc([nH]1)c(-c1ccccc1)c1nc(c(-c3ccccc3)c3ccc([nH]3)c2-c2ccccc2)C=C1. The summed E-state index contributed by atoms with van der Waals surface area (Å²) in [5.41, 5.74) is 16.2. The van der Waals surface area contributed by atoms with Crippen LogP contribution in [0.4, 0.5) is 0 Å². The highest BCUT2D eigenvalue weighted by atomic mass is 79.9. The molecule has 6 heteroatoms. The minimum Gasteiger partial charge on any atom is -0.354 e. The summed E-state index contributed by atoms with van der Waals surface area (Å²) in [5.74, 6) is 6.71. The van der Waals surface area contributed by atoms with Crippen LogP contribution in [0.2, 0.25) is 0 Å². The predicted molar refractivity (Wildman–Crippen MR) is 232 cm³/mol. The maximum Gasteiger partial charge on any atom is 0.0907 e. The molecule has 9 rings (SSSR count). The van der Waals surface area contributed by atoms with Gasteiger partial charge in [0.25, 0.3) is 0 Å². The van der Waals surface area contributed by atoms with Gasteiger partial charge in [-0.25, -0.2) is 9.97 Å². The average molecular weight is 821 g/mol. The number of aromatic nitrogens is 4. The van der Waals surface area contributed by atoms with Gasteiger partial charge in [0.2, 0.25) is 0 Å². The van der Waals surface area contributed by atoms with E-state index in [9.17, 15) is 0 Å². The Bertz CT molecular complexity index is 2740. The van der Waals surface area contributed by atoms with Crippen LogP contribution in [0.15, 0.2) is 146 Å². The molecule has 0 saturated heterocycles. The maximum absolute atomic E-state index is 5.54. The molecule has 0 amide bonds. The van der Waals surface area contributed by atoms with Gasteiger partial charge in [-0.3, -0.25) is 0 Å². The quantitative estimate of drug-likeness (QED) is 0.174. The molecular weight excluding hydrogens is 792 g/mol. The van der Waals surface area contributed by atoms with Gasteiger partial charge in [-0.1, -0.05) is 133 Å². The number of allylic oxidation sites excluding steroid dienone is 2. The molecular formula is C48H28Br2N4. The lowest BCUT2D eigenvalue weighted by Crippen LogP contribution is -1.90. The maximum atomic E-state index is 5.54. The number of hydrogen-bond donors (Lipinski definition) is 2. The van der Waals surface area contributed by atoms with E-state index in [2.05, 4.69) is 173 Å². The van der Waals surface area contributed by atoms with Gasteiger partial charge in [-0.15, -0.1) is 0 Å². The Morgan fingerprint density at radius 1 is 0.370 bits per heavy atom. The van der Waals surface area contributed by atoms with E-state index in [1.165, 1.54) is 0 Å². The first kappa shape index (κ1) is 33.4. The van der Waals surface area contributed by atoms with Crippen LogP contribution in [0.1, 0.15) is 22.8 Å². The third-order valence-corrected chi connectivity index (χ3v) is 10.0. The Balaban J connectivity index is 1.56. The summed E-state index contributed by atoms with van der Waals surface area (Å²) in [6.45, 7) is 0. The lowest BCUT2D eigenvalue weighted by atomic mass is 9.96. The van der Waals surface area contributed by atoms with Crippen molar-refractivity contribution in [1.82, 2.24) is 19.9 Å². The normalized spacial score (nSPS) is 11.8. The molecule has 0 spiro atoms. The van der Waals surface area contributed by atoms with Crippen molar-refractivity contribution >= 4 is 77.2 Å². The largest absolute Gasteiger partial charge is 0.354 e. The molecule has 0 atom stereocenters. The molecule has 2 N–H and O–H groups in total. The highest BCUT2D eigenvalue weighted by Crippen LogP contribution is 2.43. The molecule has 4 aromatic carbocycles. The van der Waals surface area contributed by atoms with Crippen LogP contribution in [0.5, 0.6) is 0 Å². The van der Waals surface area contributed by atoms with Crippen LogP contribution in [0, 0.1) is 21.5 Å². The number of rotatable bonds is 4. The summed E-state index contributed by atoms with van der Waals surface area (Å²) < 4.78 is 0. The number of aromatic amines is 2. The second-order valence-corrected chi connectivity index (χ2v) is 13.5. The fraction of sp³-hybridized carbons (Fsp3) is 0. The van der Waals surface area contributed by atoms with E-state index >= 15 is 0 Å². The minimum absolute atomic E-state index is 0.721. The van der Waals surface area contributed by atoms with Crippen molar-refractivity contribution in [3.63, 3.8) is 0 Å². The van der Waals surface area contributed by atoms with Gasteiger partial charge in [0.1, 0.15) is 0 Å². The first-order valence-electron chi connectivity index (χ1n) is 17.4. The van der Waals surface area contributed by atoms with E-state index in [-0.39, 0.29) is 0 Å². The van der Waals surface area contributed by atoms with Crippen LogP contribution in [0.25, 0.3) is 89.9 Å². The molecule has 2 aliphatic rings. The van der Waals surface area contributed by atoms with E-state index in [0.717, 1.165) is 100 Å². The summed E-state index contributed by atoms with van der Waals surface area (Å²) in [5, 5.41) is 0. The molecule has 0 radical (unpaired) electrons. The van der Waals surface area contributed by atoms with Gasteiger partial charge < -0.3 is 9.97 Å². The zero-order valence-electron chi connectivity index (χ0n) is 28.7. The van der Waals surface area contributed by atoms with Gasteiger partial charge in [0, 0.05) is 76.2 Å². The predicted octanol–water partition coefficient (Wildman–Crippen LogP) is 12.8. The van der Waals surface area contributed by atoms with Gasteiger partial charge >= 0.3 is 0 Å². The van der Waals surface area contributed by atoms with E-state index in [1.807, 2.05) is 48.5 Å². The summed E-state index contributed by atoms with van der Waals surface area (Å²) in [7, 11) is 0. The molecule has 0 saturated carbocycles. The molecule has 54 heavy (non-hydrogen) atoms. The Morgan fingerprint density at radius 3 is 1.02 bits per heavy atom. The van der Waals surface area contributed by atoms with Crippen molar-refractivity contribution < 1.29 is 0 Å². The summed E-state index contributed by atoms with van der Waals surface area (Å²) in [6, 6.07) is 50.0. The number of benzene rings is 4. The van der Waals surface area contributed by atoms with Gasteiger partial charge in [0.15, 0.2) is 0 Å². The van der Waals surface area contributed by atoms with Crippen LogP contribution >= 0.6 is 31.9 Å². The number of nitrogens with one attached hydrogen (secondary N) is 2. The Morgan fingerprint density at radius 2 is 0.685 bits per heavy atom. The lowest BCUT2D eigenvalue weighted by Gasteiger charge is -2.07. The van der Waals surface area contributed by atoms with Crippen molar-refractivity contribution in [1.29, 1.82) is 0 Å². The van der Waals surface area contributed by atoms with Crippen molar-refractivity contribution in [2.45, 2.75) is 0 Å². The molecule has 254 valence electrons. The summed E-state index contributed by atoms with van der Waals surface area (Å²) in [6.07, 6.45) is 4.23. The monoisotopic (exact) mass is 818 g/mol. The molecule has 2 aliphatic heterocycles. The number of nitrogens with zero attached hydrogens (tertiary/aromatic N) is 2. The third kappa shape index (κ3) is 6.02. The zero-order valence-corrected chi connectivity index (χ0v) is 31.8. The smallest absolute Gasteiger partial charge is 0.0907 e. The van der Waals surface area contributed by atoms with E-state index in [4.69, 9.17) is 9.97 Å². The summed E-state index contributed by atoms with van der Waals surface area (Å²) >= 11 is 6.84. The first-order chi connectivity index (χ1) is 26.7. The zero-order chi connectivity index (χ0) is 36.4. The molecule has 5 heterocycles. The van der Waals surface area contributed by atoms with Gasteiger partial charge in [0.05, 0.1) is 33.9 Å². The highest BCUT2D eigenvalue weighted by molar-refractivity contribution is 9.12. The molecule has 4 nitrogen and oxygen atoms in total. The molecule has 0 unspecified atom stereocenters. The second kappa shape index (κ2) is 14.5. The number of fused-ring (bicyclic) bond motifs is 8. The fourth-order valence-electron chi connectivity index (χ4n) is 7.32. The lowest BCUT2D eigenvalue weighted by molar-refractivity contribution is 1.30. The molecule has 3 aromatic heterocycles. The van der Waals surface area contributed by atoms with E-state index in [0.29, 0.717) is 0 Å². The van der Waals surface area contributed by atoms with Gasteiger partial charge in [-0.05, 0) is 68.3 Å². The van der Waals surface area contributed by atoms with Gasteiger partial charge in [-0.2, -0.15) is 0 Å². The van der Waals surface area contributed by atoms with Crippen molar-refractivity contribution in [3.05, 3.63) is 168 Å². The van der Waals surface area contributed by atoms with Crippen LogP contribution in [0.3, 0.4) is 0 Å². The van der Waals surface area contributed by atoms with Crippen molar-refractivity contribution in [2.24, 2.45) is 0 Å².